The normalized spacial score (nSPS) is 11.2. The standard InChI is InChI=1S/C18H16BNO2.C6H14O2/c21-19-22-18-13-11-17(12-14-18)20(15-7-3-1-4-8-15)16-9-5-2-6-10-16;1-5(2,7)6(3,4)8/h1-14,19,21H;7-8H,1-4H3. The molecule has 3 aromatic carbocycles. The van der Waals surface area contributed by atoms with Crippen molar-refractivity contribution >= 4 is 24.7 Å². The zero-order valence-electron chi connectivity index (χ0n) is 18.0. The van der Waals surface area contributed by atoms with Gasteiger partial charge in [0.15, 0.2) is 0 Å². The predicted octanol–water partition coefficient (Wildman–Crippen LogP) is 4.32. The van der Waals surface area contributed by atoms with Crippen molar-refractivity contribution < 1.29 is 19.9 Å². The molecule has 158 valence electrons. The van der Waals surface area contributed by atoms with Gasteiger partial charge in [-0.1, -0.05) is 36.4 Å². The summed E-state index contributed by atoms with van der Waals surface area (Å²) in [6.45, 7) is 6.31. The third-order valence-electron chi connectivity index (χ3n) is 4.85. The Hall–Kier alpha value is -2.80. The molecule has 3 aromatic rings. The van der Waals surface area contributed by atoms with Gasteiger partial charge in [0, 0.05) is 17.1 Å². The van der Waals surface area contributed by atoms with Gasteiger partial charge < -0.3 is 24.8 Å². The molecule has 30 heavy (non-hydrogen) atoms. The lowest BCUT2D eigenvalue weighted by Gasteiger charge is -2.31. The number of benzene rings is 3. The van der Waals surface area contributed by atoms with Crippen LogP contribution in [0.15, 0.2) is 84.9 Å². The molecule has 0 atom stereocenters. The SMILES string of the molecule is CC(C)(O)C(C)(C)O.OBOc1ccc(N(c2ccccc2)c2ccccc2)cc1. The zero-order valence-corrected chi connectivity index (χ0v) is 18.0. The molecular formula is C24H30BNO4. The summed E-state index contributed by atoms with van der Waals surface area (Å²) in [7, 11) is -0.319. The van der Waals surface area contributed by atoms with Gasteiger partial charge >= 0.3 is 7.69 Å². The molecule has 0 spiro atoms. The highest BCUT2D eigenvalue weighted by Crippen LogP contribution is 2.34. The van der Waals surface area contributed by atoms with E-state index in [1.807, 2.05) is 60.7 Å². The molecule has 0 saturated heterocycles. The van der Waals surface area contributed by atoms with Crippen LogP contribution in [0.3, 0.4) is 0 Å². The van der Waals surface area contributed by atoms with Crippen LogP contribution in [0.4, 0.5) is 17.1 Å². The van der Waals surface area contributed by atoms with Crippen molar-refractivity contribution in [2.45, 2.75) is 38.9 Å². The van der Waals surface area contributed by atoms with E-state index in [0.29, 0.717) is 5.75 Å². The number of hydrogen-bond donors (Lipinski definition) is 3. The van der Waals surface area contributed by atoms with Crippen molar-refractivity contribution in [3.8, 4) is 5.75 Å². The van der Waals surface area contributed by atoms with Crippen molar-refractivity contribution in [2.75, 3.05) is 4.90 Å². The predicted molar refractivity (Wildman–Crippen MR) is 124 cm³/mol. The van der Waals surface area contributed by atoms with Crippen molar-refractivity contribution in [1.29, 1.82) is 0 Å². The number of anilines is 3. The Labute approximate surface area is 179 Å². The molecule has 0 aliphatic rings. The highest BCUT2D eigenvalue weighted by molar-refractivity contribution is 6.17. The Morgan fingerprint density at radius 1 is 0.633 bits per heavy atom. The van der Waals surface area contributed by atoms with Crippen LogP contribution < -0.4 is 9.55 Å². The van der Waals surface area contributed by atoms with E-state index < -0.39 is 11.2 Å². The van der Waals surface area contributed by atoms with Gasteiger partial charge in [-0.2, -0.15) is 0 Å². The fourth-order valence-corrected chi connectivity index (χ4v) is 2.37. The second-order valence-electron chi connectivity index (χ2n) is 7.89. The van der Waals surface area contributed by atoms with E-state index in [0.717, 1.165) is 17.1 Å². The summed E-state index contributed by atoms with van der Waals surface area (Å²) in [4.78, 5) is 2.17. The lowest BCUT2D eigenvalue weighted by atomic mass is 9.90. The highest BCUT2D eigenvalue weighted by Gasteiger charge is 2.31. The molecule has 0 unspecified atom stereocenters. The number of hydrogen-bond acceptors (Lipinski definition) is 5. The van der Waals surface area contributed by atoms with E-state index in [9.17, 15) is 0 Å². The van der Waals surface area contributed by atoms with Gasteiger partial charge in [-0.25, -0.2) is 0 Å². The first-order valence-corrected chi connectivity index (χ1v) is 9.82. The third kappa shape index (κ3) is 6.63. The fourth-order valence-electron chi connectivity index (χ4n) is 2.37. The highest BCUT2D eigenvalue weighted by atomic mass is 16.5. The molecule has 0 amide bonds. The number of aliphatic hydroxyl groups is 2. The van der Waals surface area contributed by atoms with Crippen LogP contribution in [-0.4, -0.2) is 34.1 Å². The van der Waals surface area contributed by atoms with Gasteiger partial charge in [0.25, 0.3) is 0 Å². The Morgan fingerprint density at radius 3 is 1.33 bits per heavy atom. The van der Waals surface area contributed by atoms with E-state index in [-0.39, 0.29) is 7.69 Å². The van der Waals surface area contributed by atoms with Crippen LogP contribution >= 0.6 is 0 Å². The molecule has 0 fully saturated rings. The average Bonchev–Trinajstić information content (AvgIpc) is 2.70. The quantitative estimate of drug-likeness (QED) is 0.531. The minimum atomic E-state index is -1.01. The monoisotopic (exact) mass is 407 g/mol. The van der Waals surface area contributed by atoms with Crippen LogP contribution in [0.25, 0.3) is 0 Å². The minimum absolute atomic E-state index is 0.319. The molecule has 0 aliphatic heterocycles. The van der Waals surface area contributed by atoms with Gasteiger partial charge in [0.1, 0.15) is 5.75 Å². The molecule has 5 nitrogen and oxygen atoms in total. The summed E-state index contributed by atoms with van der Waals surface area (Å²) < 4.78 is 5.09. The van der Waals surface area contributed by atoms with Gasteiger partial charge in [-0.15, -0.1) is 0 Å². The summed E-state index contributed by atoms with van der Waals surface area (Å²) in [5.74, 6) is 0.646. The van der Waals surface area contributed by atoms with E-state index in [1.165, 1.54) is 0 Å². The Kier molecular flexibility index (Phi) is 8.06. The summed E-state index contributed by atoms with van der Waals surface area (Å²) in [6.07, 6.45) is 0. The maximum absolute atomic E-state index is 9.10. The summed E-state index contributed by atoms with van der Waals surface area (Å²) >= 11 is 0. The van der Waals surface area contributed by atoms with E-state index in [1.54, 1.807) is 27.7 Å². The number of para-hydroxylation sites is 2. The molecule has 3 N–H and O–H groups in total. The van der Waals surface area contributed by atoms with E-state index in [2.05, 4.69) is 29.2 Å². The lowest BCUT2D eigenvalue weighted by molar-refractivity contribution is -0.107. The van der Waals surface area contributed by atoms with Crippen LogP contribution in [0.5, 0.6) is 5.75 Å². The maximum Gasteiger partial charge on any atom is 0.504 e. The molecule has 0 heterocycles. The molecular weight excluding hydrogens is 377 g/mol. The molecule has 6 heteroatoms. The van der Waals surface area contributed by atoms with Gasteiger partial charge in [0.05, 0.1) is 11.2 Å². The molecule has 0 bridgehead atoms. The van der Waals surface area contributed by atoms with Gasteiger partial charge in [0.2, 0.25) is 0 Å². The molecule has 0 saturated carbocycles. The Morgan fingerprint density at radius 2 is 1.00 bits per heavy atom. The lowest BCUT2D eigenvalue weighted by Crippen LogP contribution is -2.44. The summed E-state index contributed by atoms with van der Waals surface area (Å²) in [5.41, 5.74) is 1.19. The van der Waals surface area contributed by atoms with Crippen LogP contribution in [0.2, 0.25) is 0 Å². The Balaban J connectivity index is 0.000000343. The van der Waals surface area contributed by atoms with Crippen molar-refractivity contribution in [1.82, 2.24) is 0 Å². The van der Waals surface area contributed by atoms with Gasteiger partial charge in [-0.3, -0.25) is 0 Å². The first-order valence-electron chi connectivity index (χ1n) is 9.82. The molecule has 3 rings (SSSR count). The fraction of sp³-hybridized carbons (Fsp3) is 0.250. The first-order chi connectivity index (χ1) is 14.1. The molecule has 0 aliphatic carbocycles. The maximum atomic E-state index is 9.10. The van der Waals surface area contributed by atoms with Gasteiger partial charge in [-0.05, 0) is 76.2 Å². The third-order valence-corrected chi connectivity index (χ3v) is 4.85. The largest absolute Gasteiger partial charge is 0.539 e. The minimum Gasteiger partial charge on any atom is -0.539 e. The van der Waals surface area contributed by atoms with Crippen LogP contribution in [0.1, 0.15) is 27.7 Å². The summed E-state index contributed by atoms with van der Waals surface area (Å²) in [6, 6.07) is 28.1. The average molecular weight is 407 g/mol. The van der Waals surface area contributed by atoms with Crippen molar-refractivity contribution in [2.24, 2.45) is 0 Å². The van der Waals surface area contributed by atoms with E-state index >= 15 is 0 Å². The smallest absolute Gasteiger partial charge is 0.504 e. The zero-order chi connectivity index (χ0) is 22.2. The first kappa shape index (κ1) is 23.5. The van der Waals surface area contributed by atoms with Crippen molar-refractivity contribution in [3.05, 3.63) is 84.9 Å². The van der Waals surface area contributed by atoms with Crippen LogP contribution in [-0.2, 0) is 0 Å². The van der Waals surface area contributed by atoms with Crippen LogP contribution in [0, 0.1) is 0 Å². The number of nitrogens with zero attached hydrogens (tertiary/aromatic N) is 1. The van der Waals surface area contributed by atoms with E-state index in [4.69, 9.17) is 19.9 Å². The second kappa shape index (κ2) is 10.3. The summed E-state index contributed by atoms with van der Waals surface area (Å²) in [5, 5.41) is 27.0. The number of rotatable bonds is 6. The molecule has 0 radical (unpaired) electrons. The Bertz CT molecular complexity index is 822. The van der Waals surface area contributed by atoms with Crippen molar-refractivity contribution in [3.63, 3.8) is 0 Å². The molecule has 0 aromatic heterocycles. The topological polar surface area (TPSA) is 73.2 Å². The second-order valence-corrected chi connectivity index (χ2v) is 7.89.